The molecule has 0 radical (unpaired) electrons. The van der Waals surface area contributed by atoms with Crippen LogP contribution in [0.1, 0.15) is 239 Å². The number of unbranched alkanes of at least 4 members (excludes halogenated alkanes) is 24. The molecule has 0 aliphatic carbocycles. The average Bonchev–Trinajstić information content (AvgIpc) is 3.35. The molecule has 0 aromatic rings. The lowest BCUT2D eigenvalue weighted by Crippen LogP contribution is -2.30. The maximum Gasteiger partial charge on any atom is 0.306 e. The zero-order valence-electron chi connectivity index (χ0n) is 44.5. The second-order valence-electron chi connectivity index (χ2n) is 18.3. The van der Waals surface area contributed by atoms with Crippen LogP contribution in [0.25, 0.3) is 0 Å². The van der Waals surface area contributed by atoms with Gasteiger partial charge in [0.25, 0.3) is 0 Å². The highest BCUT2D eigenvalue weighted by atomic mass is 16.6. The summed E-state index contributed by atoms with van der Waals surface area (Å²) in [7, 11) is 0. The van der Waals surface area contributed by atoms with Crippen LogP contribution >= 0.6 is 0 Å². The standard InChI is InChI=1S/C63H102O6/c1-4-7-10-13-16-19-22-25-28-30-31-33-35-38-41-44-47-50-53-56-62(65)68-59-60(58-67-61(64)55-52-49-46-43-40-37-34-27-24-21-18-15-12-9-6-3)69-63(66)57-54-51-48-45-42-39-36-32-29-26-23-20-17-14-11-8-5-2/h7,10,13,16-17,19-22,24-26,28-31,33,35,38,41,60H,4-6,8-9,11-12,14-15,18,23,27,32,34,36-37,39-40,42-59H2,1-3H3/b10-7-,16-13-,20-17-,22-19-,24-21-,28-25-,29-26-,31-30+,35-33-,41-38-. The molecule has 0 bridgehead atoms. The summed E-state index contributed by atoms with van der Waals surface area (Å²) in [6, 6.07) is 0. The van der Waals surface area contributed by atoms with Crippen LogP contribution in [0.3, 0.4) is 0 Å². The number of hydrogen-bond acceptors (Lipinski definition) is 6. The van der Waals surface area contributed by atoms with Crippen LogP contribution in [-0.4, -0.2) is 37.2 Å². The zero-order valence-corrected chi connectivity index (χ0v) is 44.5. The Bertz CT molecular complexity index is 1470. The molecule has 0 amide bonds. The molecule has 0 spiro atoms. The average molecular weight is 956 g/mol. The van der Waals surface area contributed by atoms with Crippen molar-refractivity contribution in [3.8, 4) is 0 Å². The topological polar surface area (TPSA) is 78.9 Å². The van der Waals surface area contributed by atoms with Crippen molar-refractivity contribution < 1.29 is 28.6 Å². The second kappa shape index (κ2) is 56.4. The number of rotatable bonds is 49. The molecule has 1 atom stereocenters. The van der Waals surface area contributed by atoms with E-state index in [-0.39, 0.29) is 31.1 Å². The number of ether oxygens (including phenoxy) is 3. The number of hydrogen-bond donors (Lipinski definition) is 0. The monoisotopic (exact) mass is 955 g/mol. The van der Waals surface area contributed by atoms with E-state index in [1.54, 1.807) is 0 Å². The van der Waals surface area contributed by atoms with Crippen molar-refractivity contribution in [1.29, 1.82) is 0 Å². The van der Waals surface area contributed by atoms with Gasteiger partial charge in [-0.1, -0.05) is 245 Å². The van der Waals surface area contributed by atoms with Gasteiger partial charge in [-0.15, -0.1) is 0 Å². The summed E-state index contributed by atoms with van der Waals surface area (Å²) in [6.07, 6.45) is 77.4. The molecule has 0 N–H and O–H groups in total. The van der Waals surface area contributed by atoms with Crippen molar-refractivity contribution in [2.24, 2.45) is 0 Å². The maximum absolute atomic E-state index is 12.9. The molecule has 0 saturated heterocycles. The molecule has 6 nitrogen and oxygen atoms in total. The zero-order chi connectivity index (χ0) is 50.0. The smallest absolute Gasteiger partial charge is 0.306 e. The summed E-state index contributed by atoms with van der Waals surface area (Å²) in [5, 5.41) is 0. The predicted octanol–water partition coefficient (Wildman–Crippen LogP) is 18.9. The molecule has 0 aromatic heterocycles. The molecule has 0 aliphatic heterocycles. The summed E-state index contributed by atoms with van der Waals surface area (Å²) in [4.78, 5) is 38.1. The van der Waals surface area contributed by atoms with E-state index < -0.39 is 6.10 Å². The van der Waals surface area contributed by atoms with Gasteiger partial charge in [0.15, 0.2) is 6.10 Å². The van der Waals surface area contributed by atoms with Crippen LogP contribution in [0.15, 0.2) is 122 Å². The molecule has 1 unspecified atom stereocenters. The Morgan fingerprint density at radius 3 is 1.06 bits per heavy atom. The van der Waals surface area contributed by atoms with Gasteiger partial charge >= 0.3 is 17.9 Å². The fourth-order valence-corrected chi connectivity index (χ4v) is 7.39. The quantitative estimate of drug-likeness (QED) is 0.0199. The third-order valence-electron chi connectivity index (χ3n) is 11.6. The molecule has 69 heavy (non-hydrogen) atoms. The Kier molecular flexibility index (Phi) is 53.0. The normalized spacial score (nSPS) is 13.0. The van der Waals surface area contributed by atoms with E-state index in [4.69, 9.17) is 14.2 Å². The molecule has 6 heteroatoms. The van der Waals surface area contributed by atoms with Crippen molar-refractivity contribution in [3.05, 3.63) is 122 Å². The third kappa shape index (κ3) is 54.6. The van der Waals surface area contributed by atoms with Crippen LogP contribution in [0, 0.1) is 0 Å². The van der Waals surface area contributed by atoms with Gasteiger partial charge in [0.2, 0.25) is 0 Å². The molecule has 0 rings (SSSR count). The van der Waals surface area contributed by atoms with Crippen molar-refractivity contribution in [2.45, 2.75) is 245 Å². The highest BCUT2D eigenvalue weighted by molar-refractivity contribution is 5.71. The fourth-order valence-electron chi connectivity index (χ4n) is 7.39. The van der Waals surface area contributed by atoms with Gasteiger partial charge in [-0.05, 0) is 96.3 Å². The molecule has 0 heterocycles. The lowest BCUT2D eigenvalue weighted by atomic mass is 10.1. The first kappa shape index (κ1) is 64.8. The Morgan fingerprint density at radius 1 is 0.319 bits per heavy atom. The summed E-state index contributed by atoms with van der Waals surface area (Å²) in [6.45, 7) is 6.40. The summed E-state index contributed by atoms with van der Waals surface area (Å²) in [5.74, 6) is -0.962. The third-order valence-corrected chi connectivity index (χ3v) is 11.6. The maximum atomic E-state index is 12.9. The van der Waals surface area contributed by atoms with Gasteiger partial charge in [0.1, 0.15) is 13.2 Å². The van der Waals surface area contributed by atoms with Gasteiger partial charge in [-0.3, -0.25) is 14.4 Å². The minimum Gasteiger partial charge on any atom is -0.462 e. The molecule has 390 valence electrons. The van der Waals surface area contributed by atoms with E-state index in [1.807, 2.05) is 72.9 Å². The van der Waals surface area contributed by atoms with Crippen molar-refractivity contribution in [3.63, 3.8) is 0 Å². The van der Waals surface area contributed by atoms with E-state index in [0.717, 1.165) is 83.5 Å². The first-order valence-electron chi connectivity index (χ1n) is 28.1. The van der Waals surface area contributed by atoms with Crippen LogP contribution in [-0.2, 0) is 28.6 Å². The summed E-state index contributed by atoms with van der Waals surface area (Å²) < 4.78 is 16.8. The number of allylic oxidation sites excluding steroid dienone is 20. The molecule has 0 aromatic carbocycles. The van der Waals surface area contributed by atoms with E-state index in [0.29, 0.717) is 19.3 Å². The SMILES string of the molecule is CC\C=C/C=C\C=C/C=C\C=C\C=C/C=C\CCCCCC(=O)OCC(COC(=O)CCCCCCCCC/C=C\CCCCCC)OC(=O)CCCCCCCCC/C=C\C/C=C\CCCCC. The highest BCUT2D eigenvalue weighted by Gasteiger charge is 2.19. The van der Waals surface area contributed by atoms with E-state index in [2.05, 4.69) is 69.4 Å². The molecule has 0 fully saturated rings. The number of carbonyl (C=O) groups is 3. The number of esters is 3. The van der Waals surface area contributed by atoms with Gasteiger partial charge in [0, 0.05) is 19.3 Å². The van der Waals surface area contributed by atoms with Crippen LogP contribution in [0.2, 0.25) is 0 Å². The Balaban J connectivity index is 4.53. The van der Waals surface area contributed by atoms with E-state index >= 15 is 0 Å². The Labute approximate surface area is 424 Å². The Hall–Kier alpha value is -4.19. The van der Waals surface area contributed by atoms with Crippen molar-refractivity contribution >= 4 is 17.9 Å². The van der Waals surface area contributed by atoms with E-state index in [1.165, 1.54) is 116 Å². The molecule has 0 saturated carbocycles. The number of carbonyl (C=O) groups excluding carboxylic acids is 3. The van der Waals surface area contributed by atoms with Gasteiger partial charge in [0.05, 0.1) is 0 Å². The first-order chi connectivity index (χ1) is 34.0. The van der Waals surface area contributed by atoms with Crippen molar-refractivity contribution in [2.75, 3.05) is 13.2 Å². The van der Waals surface area contributed by atoms with Crippen LogP contribution < -0.4 is 0 Å². The summed E-state index contributed by atoms with van der Waals surface area (Å²) in [5.41, 5.74) is 0. The second-order valence-corrected chi connectivity index (χ2v) is 18.3. The summed E-state index contributed by atoms with van der Waals surface area (Å²) >= 11 is 0. The first-order valence-corrected chi connectivity index (χ1v) is 28.1. The van der Waals surface area contributed by atoms with Crippen LogP contribution in [0.5, 0.6) is 0 Å². The van der Waals surface area contributed by atoms with Crippen LogP contribution in [0.4, 0.5) is 0 Å². The molecular weight excluding hydrogens is 853 g/mol. The molecular formula is C63H102O6. The van der Waals surface area contributed by atoms with Gasteiger partial charge in [-0.2, -0.15) is 0 Å². The van der Waals surface area contributed by atoms with Gasteiger partial charge < -0.3 is 14.2 Å². The largest absolute Gasteiger partial charge is 0.462 e. The fraction of sp³-hybridized carbons (Fsp3) is 0.635. The minimum absolute atomic E-state index is 0.101. The molecule has 0 aliphatic rings. The highest BCUT2D eigenvalue weighted by Crippen LogP contribution is 2.14. The predicted molar refractivity (Wildman–Crippen MR) is 297 cm³/mol. The lowest BCUT2D eigenvalue weighted by molar-refractivity contribution is -0.167. The lowest BCUT2D eigenvalue weighted by Gasteiger charge is -2.18. The Morgan fingerprint density at radius 2 is 0.623 bits per heavy atom. The van der Waals surface area contributed by atoms with Gasteiger partial charge in [-0.25, -0.2) is 0 Å². The van der Waals surface area contributed by atoms with Crippen molar-refractivity contribution in [1.82, 2.24) is 0 Å². The van der Waals surface area contributed by atoms with E-state index in [9.17, 15) is 14.4 Å². The minimum atomic E-state index is -0.807.